The molecule has 0 bridgehead atoms. The van der Waals surface area contributed by atoms with Crippen LogP contribution in [0.4, 0.5) is 0 Å². The molecule has 0 radical (unpaired) electrons. The summed E-state index contributed by atoms with van der Waals surface area (Å²) in [4.78, 5) is 4.31. The molecule has 222 valence electrons. The molecular weight excluding hydrogens is 631 g/mol. The summed E-state index contributed by atoms with van der Waals surface area (Å²) in [7, 11) is 0. The van der Waals surface area contributed by atoms with E-state index in [-0.39, 0.29) is 15.0 Å². The van der Waals surface area contributed by atoms with Crippen LogP contribution in [-0.2, 0) is 0 Å². The van der Waals surface area contributed by atoms with Gasteiger partial charge in [-0.2, -0.15) is 0 Å². The molecule has 0 spiro atoms. The minimum absolute atomic E-state index is 0.0500. The molecule has 46 heavy (non-hydrogen) atoms. The number of rotatable bonds is 6. The van der Waals surface area contributed by atoms with Crippen LogP contribution in [-0.4, -0.2) is 34.5 Å². The van der Waals surface area contributed by atoms with Gasteiger partial charge >= 0.3 is 256 Å². The van der Waals surface area contributed by atoms with E-state index in [1.54, 1.807) is 6.20 Å². The Morgan fingerprint density at radius 1 is 0.609 bits per heavy atom. The van der Waals surface area contributed by atoms with Crippen molar-refractivity contribution >= 4 is 51.2 Å². The zero-order valence-electron chi connectivity index (χ0n) is 25.7. The molecule has 0 unspecified atom stereocenters. The fourth-order valence-electron chi connectivity index (χ4n) is 6.45. The van der Waals surface area contributed by atoms with E-state index in [2.05, 4.69) is 121 Å². The number of aromatic nitrogens is 4. The number of benzene rings is 5. The van der Waals surface area contributed by atoms with E-state index >= 15 is 0 Å². The molecular formula is C40H30N4OSe. The van der Waals surface area contributed by atoms with Gasteiger partial charge in [-0.15, -0.1) is 0 Å². The molecule has 0 saturated heterocycles. The predicted molar refractivity (Wildman–Crippen MR) is 189 cm³/mol. The first-order valence-electron chi connectivity index (χ1n) is 15.3. The zero-order valence-corrected chi connectivity index (χ0v) is 27.4. The van der Waals surface area contributed by atoms with Gasteiger partial charge in [-0.1, -0.05) is 18.2 Å². The van der Waals surface area contributed by atoms with Gasteiger partial charge in [-0.25, -0.2) is 0 Å². The van der Waals surface area contributed by atoms with Gasteiger partial charge < -0.3 is 0 Å². The number of pyridine rings is 2. The molecule has 0 N–H and O–H groups in total. The van der Waals surface area contributed by atoms with E-state index in [9.17, 15) is 0 Å². The van der Waals surface area contributed by atoms with Gasteiger partial charge in [0.2, 0.25) is 0 Å². The van der Waals surface area contributed by atoms with E-state index < -0.39 is 0 Å². The average Bonchev–Trinajstić information content (AvgIpc) is 3.51. The third-order valence-electron chi connectivity index (χ3n) is 8.39. The summed E-state index contributed by atoms with van der Waals surface area (Å²) in [5, 5.41) is 13.3. The number of hydrogen-bond acceptors (Lipinski definition) is 4. The number of fused-ring (bicyclic) bond motifs is 6. The van der Waals surface area contributed by atoms with Crippen LogP contribution in [0.25, 0.3) is 49.8 Å². The number of ether oxygens (including phenoxy) is 1. The van der Waals surface area contributed by atoms with Crippen LogP contribution < -0.4 is 13.7 Å². The van der Waals surface area contributed by atoms with Crippen molar-refractivity contribution in [3.8, 4) is 34.1 Å². The quantitative estimate of drug-likeness (QED) is 0.133. The first-order valence-corrected chi connectivity index (χ1v) is 17.0. The second-order valence-electron chi connectivity index (χ2n) is 11.6. The van der Waals surface area contributed by atoms with E-state index in [0.717, 1.165) is 33.7 Å². The standard InChI is InChI=1S/C40H30N4OSe/c1-25-20-29(28-12-5-4-6-13-28)21-26(2)37(25)40-43-42-39-34-24-32(22-27(3)38(34)33-16-7-8-17-35(33)44(39)40)46-31-15-11-14-30(23-31)45-36-18-9-10-19-41-36/h4-24H,1-3H3. The topological polar surface area (TPSA) is 52.3 Å². The van der Waals surface area contributed by atoms with Gasteiger partial charge in [-0.3, -0.25) is 0 Å². The second kappa shape index (κ2) is 11.6. The molecule has 8 rings (SSSR count). The second-order valence-corrected chi connectivity index (χ2v) is 14.0. The number of hydrogen-bond donors (Lipinski definition) is 0. The van der Waals surface area contributed by atoms with Crippen molar-refractivity contribution in [2.75, 3.05) is 0 Å². The van der Waals surface area contributed by atoms with Gasteiger partial charge in [0.05, 0.1) is 0 Å². The summed E-state index contributed by atoms with van der Waals surface area (Å²) in [5.74, 6) is 2.25. The van der Waals surface area contributed by atoms with Crippen LogP contribution in [0.3, 0.4) is 0 Å². The molecule has 5 aromatic carbocycles. The third-order valence-corrected chi connectivity index (χ3v) is 10.4. The van der Waals surface area contributed by atoms with Crippen molar-refractivity contribution in [1.82, 2.24) is 19.6 Å². The van der Waals surface area contributed by atoms with Crippen molar-refractivity contribution in [2.24, 2.45) is 0 Å². The Kier molecular flexibility index (Phi) is 7.09. The monoisotopic (exact) mass is 662 g/mol. The molecule has 0 aliphatic rings. The molecule has 0 saturated carbocycles. The van der Waals surface area contributed by atoms with E-state index in [1.165, 1.54) is 47.5 Å². The number of para-hydroxylation sites is 1. The Bertz CT molecular complexity index is 2380. The van der Waals surface area contributed by atoms with Gasteiger partial charge in [0.1, 0.15) is 0 Å². The third kappa shape index (κ3) is 5.02. The first-order chi connectivity index (χ1) is 22.5. The van der Waals surface area contributed by atoms with Crippen LogP contribution in [0.2, 0.25) is 0 Å². The summed E-state index contributed by atoms with van der Waals surface area (Å²) >= 11 is 0.0500. The van der Waals surface area contributed by atoms with Crippen LogP contribution in [0.15, 0.2) is 128 Å². The van der Waals surface area contributed by atoms with E-state index in [0.29, 0.717) is 5.88 Å². The van der Waals surface area contributed by atoms with E-state index in [1.807, 2.05) is 30.3 Å². The maximum atomic E-state index is 6.03. The van der Waals surface area contributed by atoms with Gasteiger partial charge in [0.25, 0.3) is 0 Å². The Morgan fingerprint density at radius 3 is 2.20 bits per heavy atom. The molecule has 5 nitrogen and oxygen atoms in total. The van der Waals surface area contributed by atoms with Gasteiger partial charge in [0.15, 0.2) is 0 Å². The molecule has 8 aromatic rings. The summed E-state index contributed by atoms with van der Waals surface area (Å²) in [5.41, 5.74) is 9.12. The molecule has 0 amide bonds. The molecule has 0 atom stereocenters. The molecule has 3 heterocycles. The predicted octanol–water partition coefficient (Wildman–Crippen LogP) is 8.14. The van der Waals surface area contributed by atoms with Crippen molar-refractivity contribution in [3.05, 3.63) is 144 Å². The van der Waals surface area contributed by atoms with Crippen LogP contribution >= 0.6 is 0 Å². The van der Waals surface area contributed by atoms with Gasteiger partial charge in [0, 0.05) is 0 Å². The molecule has 6 heteroatoms. The van der Waals surface area contributed by atoms with Crippen molar-refractivity contribution in [3.63, 3.8) is 0 Å². The number of nitrogens with zero attached hydrogens (tertiary/aromatic N) is 4. The SMILES string of the molecule is Cc1cc(-c2ccccc2)cc(C)c1-c1nnc2c3cc([Se]c4cccc(Oc5ccccn5)c4)cc(C)c3c3ccccc3n12. The molecule has 0 fully saturated rings. The Hall–Kier alpha value is -5.29. The van der Waals surface area contributed by atoms with Crippen LogP contribution in [0.5, 0.6) is 11.6 Å². The minimum atomic E-state index is 0.0500. The Morgan fingerprint density at radius 2 is 1.39 bits per heavy atom. The maximum absolute atomic E-state index is 6.03. The van der Waals surface area contributed by atoms with Crippen molar-refractivity contribution < 1.29 is 4.74 Å². The van der Waals surface area contributed by atoms with E-state index in [4.69, 9.17) is 14.9 Å². The fraction of sp³-hybridized carbons (Fsp3) is 0.0750. The fourth-order valence-corrected chi connectivity index (χ4v) is 8.57. The van der Waals surface area contributed by atoms with Crippen molar-refractivity contribution in [1.29, 1.82) is 0 Å². The van der Waals surface area contributed by atoms with Crippen molar-refractivity contribution in [2.45, 2.75) is 20.8 Å². The van der Waals surface area contributed by atoms with Crippen LogP contribution in [0.1, 0.15) is 16.7 Å². The zero-order chi connectivity index (χ0) is 31.2. The summed E-state index contributed by atoms with van der Waals surface area (Å²) in [6.45, 7) is 6.56. The number of aryl methyl sites for hydroxylation is 3. The summed E-state index contributed by atoms with van der Waals surface area (Å²) < 4.78 is 10.8. The molecule has 0 aliphatic heterocycles. The summed E-state index contributed by atoms with van der Waals surface area (Å²) in [6.07, 6.45) is 1.74. The molecule has 3 aromatic heterocycles. The normalized spacial score (nSPS) is 11.5. The Labute approximate surface area is 273 Å². The molecule has 0 aliphatic carbocycles. The Balaban J connectivity index is 1.26. The summed E-state index contributed by atoms with van der Waals surface area (Å²) in [6, 6.07) is 42.3. The average molecular weight is 662 g/mol. The van der Waals surface area contributed by atoms with Crippen LogP contribution in [0, 0.1) is 20.8 Å². The van der Waals surface area contributed by atoms with Gasteiger partial charge in [-0.05, 0) is 0 Å². The first kappa shape index (κ1) is 28.2.